The Labute approximate surface area is 105 Å². The minimum atomic E-state index is 0.432. The van der Waals surface area contributed by atoms with E-state index in [1.807, 2.05) is 7.11 Å². The molecule has 0 aliphatic carbocycles. The second-order valence-corrected chi connectivity index (χ2v) is 5.31. The third-order valence-corrected chi connectivity index (χ3v) is 3.99. The van der Waals surface area contributed by atoms with Crippen LogP contribution in [0.15, 0.2) is 0 Å². The molecule has 0 spiro atoms. The molecule has 4 nitrogen and oxygen atoms in total. The van der Waals surface area contributed by atoms with Crippen LogP contribution < -0.4 is 5.32 Å². The molecule has 0 bridgehead atoms. The molecule has 2 heterocycles. The highest BCUT2D eigenvalue weighted by molar-refractivity contribution is 4.81. The molecule has 1 N–H and O–H groups in total. The van der Waals surface area contributed by atoms with Crippen molar-refractivity contribution in [2.45, 2.75) is 44.4 Å². The molecule has 0 amide bonds. The van der Waals surface area contributed by atoms with Crippen LogP contribution in [0.3, 0.4) is 0 Å². The van der Waals surface area contributed by atoms with E-state index in [0.717, 1.165) is 26.3 Å². The van der Waals surface area contributed by atoms with Crippen molar-refractivity contribution in [3.8, 4) is 0 Å². The third kappa shape index (κ3) is 3.91. The van der Waals surface area contributed by atoms with Crippen LogP contribution in [0, 0.1) is 0 Å². The Morgan fingerprint density at radius 2 is 2.41 bits per heavy atom. The van der Waals surface area contributed by atoms with Crippen molar-refractivity contribution in [1.29, 1.82) is 0 Å². The number of hydrogen-bond acceptors (Lipinski definition) is 4. The number of morpholine rings is 1. The van der Waals surface area contributed by atoms with Crippen LogP contribution >= 0.6 is 0 Å². The molecule has 3 unspecified atom stereocenters. The quantitative estimate of drug-likeness (QED) is 0.793. The van der Waals surface area contributed by atoms with E-state index in [2.05, 4.69) is 17.1 Å². The zero-order chi connectivity index (χ0) is 12.1. The van der Waals surface area contributed by atoms with Crippen molar-refractivity contribution >= 4 is 0 Å². The Morgan fingerprint density at radius 3 is 3.12 bits per heavy atom. The summed E-state index contributed by atoms with van der Waals surface area (Å²) < 4.78 is 11.0. The van der Waals surface area contributed by atoms with Crippen LogP contribution in [-0.2, 0) is 9.47 Å². The van der Waals surface area contributed by atoms with Gasteiger partial charge in [-0.2, -0.15) is 0 Å². The van der Waals surface area contributed by atoms with Crippen LogP contribution in [0.25, 0.3) is 0 Å². The summed E-state index contributed by atoms with van der Waals surface area (Å²) in [4.78, 5) is 2.56. The normalized spacial score (nSPS) is 33.5. The van der Waals surface area contributed by atoms with Gasteiger partial charge in [-0.25, -0.2) is 0 Å². The van der Waals surface area contributed by atoms with Gasteiger partial charge >= 0.3 is 0 Å². The van der Waals surface area contributed by atoms with Gasteiger partial charge in [-0.15, -0.1) is 0 Å². The van der Waals surface area contributed by atoms with Crippen LogP contribution in [0.5, 0.6) is 0 Å². The number of ether oxygens (including phenoxy) is 2. The maximum Gasteiger partial charge on any atom is 0.0698 e. The second kappa shape index (κ2) is 6.69. The summed E-state index contributed by atoms with van der Waals surface area (Å²) in [5.74, 6) is 0. The summed E-state index contributed by atoms with van der Waals surface area (Å²) in [7, 11) is 1.83. The fraction of sp³-hybridized carbons (Fsp3) is 1.00. The fourth-order valence-electron chi connectivity index (χ4n) is 2.89. The Hall–Kier alpha value is -0.160. The number of piperidine rings is 1. The lowest BCUT2D eigenvalue weighted by Crippen LogP contribution is -2.49. The Morgan fingerprint density at radius 1 is 1.53 bits per heavy atom. The molecule has 17 heavy (non-hydrogen) atoms. The van der Waals surface area contributed by atoms with E-state index in [4.69, 9.17) is 9.47 Å². The van der Waals surface area contributed by atoms with Gasteiger partial charge in [-0.3, -0.25) is 4.90 Å². The van der Waals surface area contributed by atoms with Gasteiger partial charge in [0.2, 0.25) is 0 Å². The van der Waals surface area contributed by atoms with Gasteiger partial charge in [-0.05, 0) is 32.7 Å². The van der Waals surface area contributed by atoms with Gasteiger partial charge in [0.25, 0.3) is 0 Å². The molecule has 0 radical (unpaired) electrons. The van der Waals surface area contributed by atoms with Gasteiger partial charge in [0.1, 0.15) is 0 Å². The highest BCUT2D eigenvalue weighted by Gasteiger charge is 2.25. The molecule has 2 saturated heterocycles. The van der Waals surface area contributed by atoms with Gasteiger partial charge in [0.15, 0.2) is 0 Å². The summed E-state index contributed by atoms with van der Waals surface area (Å²) in [6.45, 7) is 7.36. The van der Waals surface area contributed by atoms with E-state index in [1.54, 1.807) is 0 Å². The summed E-state index contributed by atoms with van der Waals surface area (Å²) >= 11 is 0. The lowest BCUT2D eigenvalue weighted by atomic mass is 10.0. The third-order valence-electron chi connectivity index (χ3n) is 3.99. The van der Waals surface area contributed by atoms with Crippen molar-refractivity contribution in [2.24, 2.45) is 0 Å². The Balaban J connectivity index is 1.75. The molecule has 0 aromatic carbocycles. The molecule has 3 atom stereocenters. The topological polar surface area (TPSA) is 33.7 Å². The smallest absolute Gasteiger partial charge is 0.0698 e. The van der Waals surface area contributed by atoms with E-state index in [-0.39, 0.29) is 0 Å². The van der Waals surface area contributed by atoms with Crippen molar-refractivity contribution in [2.75, 3.05) is 40.0 Å². The van der Waals surface area contributed by atoms with Crippen LogP contribution in [0.1, 0.15) is 26.2 Å². The molecule has 2 aliphatic heterocycles. The Kier molecular flexibility index (Phi) is 5.22. The fourth-order valence-corrected chi connectivity index (χ4v) is 2.89. The van der Waals surface area contributed by atoms with Crippen molar-refractivity contribution in [3.05, 3.63) is 0 Å². The number of methoxy groups -OCH3 is 1. The SMILES string of the molecule is COC1CCCN(C(C)CC2COCCN2)C1. The summed E-state index contributed by atoms with van der Waals surface area (Å²) in [6.07, 6.45) is 4.08. The van der Waals surface area contributed by atoms with Crippen LogP contribution in [-0.4, -0.2) is 63.0 Å². The molecule has 100 valence electrons. The number of rotatable bonds is 4. The zero-order valence-electron chi connectivity index (χ0n) is 11.2. The van der Waals surface area contributed by atoms with Crippen molar-refractivity contribution in [3.63, 3.8) is 0 Å². The molecular formula is C13H26N2O2. The summed E-state index contributed by atoms with van der Waals surface area (Å²) in [6, 6.07) is 1.15. The standard InChI is InChI=1S/C13H26N2O2/c1-11(8-12-10-17-7-5-14-12)15-6-3-4-13(9-15)16-2/h11-14H,3-10H2,1-2H3. The lowest BCUT2D eigenvalue weighted by molar-refractivity contribution is 0.00801. The minimum Gasteiger partial charge on any atom is -0.380 e. The number of nitrogens with one attached hydrogen (secondary N) is 1. The maximum atomic E-state index is 5.51. The van der Waals surface area contributed by atoms with Crippen molar-refractivity contribution < 1.29 is 9.47 Å². The van der Waals surface area contributed by atoms with E-state index in [1.165, 1.54) is 25.8 Å². The molecule has 2 fully saturated rings. The van der Waals surface area contributed by atoms with E-state index in [0.29, 0.717) is 18.2 Å². The van der Waals surface area contributed by atoms with Crippen LogP contribution in [0.4, 0.5) is 0 Å². The molecule has 2 rings (SSSR count). The summed E-state index contributed by atoms with van der Waals surface area (Å²) in [5, 5.41) is 3.53. The van der Waals surface area contributed by atoms with Gasteiger partial charge in [0.05, 0.1) is 19.3 Å². The lowest BCUT2D eigenvalue weighted by Gasteiger charge is -2.38. The number of likely N-dealkylation sites (tertiary alicyclic amines) is 1. The highest BCUT2D eigenvalue weighted by atomic mass is 16.5. The predicted octanol–water partition coefficient (Wildman–Crippen LogP) is 0.864. The van der Waals surface area contributed by atoms with Gasteiger partial charge in [-0.1, -0.05) is 0 Å². The first-order valence-electron chi connectivity index (χ1n) is 6.87. The molecule has 0 aromatic heterocycles. The first-order chi connectivity index (χ1) is 8.29. The Bertz CT molecular complexity index is 219. The molecule has 4 heteroatoms. The highest BCUT2D eigenvalue weighted by Crippen LogP contribution is 2.17. The first kappa shape index (κ1) is 13.3. The average Bonchev–Trinajstić information content (AvgIpc) is 2.40. The largest absolute Gasteiger partial charge is 0.380 e. The summed E-state index contributed by atoms with van der Waals surface area (Å²) in [5.41, 5.74) is 0. The van der Waals surface area contributed by atoms with E-state index < -0.39 is 0 Å². The monoisotopic (exact) mass is 242 g/mol. The maximum absolute atomic E-state index is 5.51. The predicted molar refractivity (Wildman–Crippen MR) is 68.3 cm³/mol. The van der Waals surface area contributed by atoms with E-state index in [9.17, 15) is 0 Å². The first-order valence-corrected chi connectivity index (χ1v) is 6.87. The minimum absolute atomic E-state index is 0.432. The number of hydrogen-bond donors (Lipinski definition) is 1. The molecule has 2 aliphatic rings. The average molecular weight is 242 g/mol. The van der Waals surface area contributed by atoms with Gasteiger partial charge in [0, 0.05) is 32.3 Å². The number of nitrogens with zero attached hydrogens (tertiary/aromatic N) is 1. The van der Waals surface area contributed by atoms with Gasteiger partial charge < -0.3 is 14.8 Å². The zero-order valence-corrected chi connectivity index (χ0v) is 11.2. The van der Waals surface area contributed by atoms with E-state index >= 15 is 0 Å². The molecule has 0 saturated carbocycles. The molecular weight excluding hydrogens is 216 g/mol. The molecule has 0 aromatic rings. The van der Waals surface area contributed by atoms with Crippen LogP contribution in [0.2, 0.25) is 0 Å². The van der Waals surface area contributed by atoms with Crippen molar-refractivity contribution in [1.82, 2.24) is 10.2 Å². The second-order valence-electron chi connectivity index (χ2n) is 5.31.